The van der Waals surface area contributed by atoms with E-state index in [0.29, 0.717) is 40.9 Å². The van der Waals surface area contributed by atoms with Gasteiger partial charge in [0.2, 0.25) is 0 Å². The zero-order chi connectivity index (χ0) is 24.3. The number of likely N-dealkylation sites (tertiary alicyclic amines) is 1. The molecule has 3 heterocycles. The number of amides is 1. The van der Waals surface area contributed by atoms with Gasteiger partial charge in [0.05, 0.1) is 30.0 Å². The lowest BCUT2D eigenvalue weighted by atomic mass is 9.95. The third kappa shape index (κ3) is 5.49. The van der Waals surface area contributed by atoms with Crippen LogP contribution < -0.4 is 9.54 Å². The first-order valence-corrected chi connectivity index (χ1v) is 12.3. The van der Waals surface area contributed by atoms with E-state index in [-0.39, 0.29) is 5.41 Å². The molecule has 1 fully saturated rings. The standard InChI is InChI=1S/C26H30N4O3S/c1-26(2,3)23-16-30(15-20-8-6-12-32-20)25(34-23)28-24(31)21-13-18(14-27)9-10-22(21)33-17-19-7-5-11-29(19)4/h6,8-10,12-13,16,19H,5,7,11,15,17H2,1-4H3/t19-/m0/s1. The fourth-order valence-corrected chi connectivity index (χ4v) is 4.96. The summed E-state index contributed by atoms with van der Waals surface area (Å²) >= 11 is 1.48. The second-order valence-electron chi connectivity index (χ2n) is 9.66. The first-order valence-electron chi connectivity index (χ1n) is 11.4. The zero-order valence-corrected chi connectivity index (χ0v) is 20.9. The SMILES string of the molecule is CN1CCC[C@H]1COc1ccc(C#N)cc1C(=O)N=c1sc(C(C)(C)C)cn1Cc1ccco1. The summed E-state index contributed by atoms with van der Waals surface area (Å²) in [6.07, 6.45) is 5.87. The van der Waals surface area contributed by atoms with Crippen LogP contribution in [0.4, 0.5) is 0 Å². The van der Waals surface area contributed by atoms with Crippen molar-refractivity contribution < 1.29 is 13.9 Å². The molecule has 0 radical (unpaired) electrons. The lowest BCUT2D eigenvalue weighted by Gasteiger charge is -2.20. The third-order valence-electron chi connectivity index (χ3n) is 6.00. The number of carbonyl (C=O) groups is 1. The average molecular weight is 479 g/mol. The molecule has 4 rings (SSSR count). The van der Waals surface area contributed by atoms with Crippen LogP contribution in [0.25, 0.3) is 0 Å². The molecule has 8 heteroatoms. The van der Waals surface area contributed by atoms with Gasteiger partial charge in [0.25, 0.3) is 5.91 Å². The van der Waals surface area contributed by atoms with E-state index in [1.807, 2.05) is 22.9 Å². The number of nitrogens with zero attached hydrogens (tertiary/aromatic N) is 4. The Kier molecular flexibility index (Phi) is 7.05. The Labute approximate surface area is 203 Å². The Morgan fingerprint density at radius 3 is 2.82 bits per heavy atom. The fourth-order valence-electron chi connectivity index (χ4n) is 3.91. The molecule has 0 spiro atoms. The summed E-state index contributed by atoms with van der Waals surface area (Å²) in [5.74, 6) is 0.809. The van der Waals surface area contributed by atoms with E-state index < -0.39 is 5.91 Å². The van der Waals surface area contributed by atoms with Gasteiger partial charge < -0.3 is 18.6 Å². The Morgan fingerprint density at radius 2 is 2.18 bits per heavy atom. The minimum absolute atomic E-state index is 0.0886. The summed E-state index contributed by atoms with van der Waals surface area (Å²) in [4.78, 5) is 21.8. The molecule has 0 N–H and O–H groups in total. The number of benzene rings is 1. The first-order chi connectivity index (χ1) is 16.2. The molecule has 1 saturated heterocycles. The number of aromatic nitrogens is 1. The molecule has 3 aromatic rings. The van der Waals surface area contributed by atoms with Crippen molar-refractivity contribution in [2.45, 2.75) is 51.6 Å². The van der Waals surface area contributed by atoms with Crippen LogP contribution >= 0.6 is 11.3 Å². The number of thiazole rings is 1. The van der Waals surface area contributed by atoms with Gasteiger partial charge in [0.15, 0.2) is 4.80 Å². The van der Waals surface area contributed by atoms with Crippen molar-refractivity contribution in [1.29, 1.82) is 5.26 Å². The lowest BCUT2D eigenvalue weighted by Crippen LogP contribution is -2.30. The van der Waals surface area contributed by atoms with E-state index in [9.17, 15) is 10.1 Å². The number of hydrogen-bond acceptors (Lipinski definition) is 6. The maximum atomic E-state index is 13.4. The van der Waals surface area contributed by atoms with Gasteiger partial charge in [-0.1, -0.05) is 20.8 Å². The Hall–Kier alpha value is -3.15. The highest BCUT2D eigenvalue weighted by Gasteiger charge is 2.23. The lowest BCUT2D eigenvalue weighted by molar-refractivity contribution is 0.0992. The molecular formula is C26H30N4O3S. The maximum absolute atomic E-state index is 13.4. The van der Waals surface area contributed by atoms with Gasteiger partial charge in [-0.3, -0.25) is 4.79 Å². The quantitative estimate of drug-likeness (QED) is 0.518. The number of likely N-dealkylation sites (N-methyl/N-ethyl adjacent to an activating group) is 1. The van der Waals surface area contributed by atoms with E-state index >= 15 is 0 Å². The summed E-state index contributed by atoms with van der Waals surface area (Å²) in [6, 6.07) is 11.1. The number of rotatable bonds is 6. The van der Waals surface area contributed by atoms with Crippen LogP contribution in [0.2, 0.25) is 0 Å². The summed E-state index contributed by atoms with van der Waals surface area (Å²) in [5, 5.41) is 9.39. The van der Waals surface area contributed by atoms with Crippen LogP contribution in [0.15, 0.2) is 52.2 Å². The topological polar surface area (TPSA) is 83.8 Å². The molecule has 0 bridgehead atoms. The van der Waals surface area contributed by atoms with Crippen molar-refractivity contribution in [1.82, 2.24) is 9.47 Å². The Bertz CT molecular complexity index is 1260. The van der Waals surface area contributed by atoms with Crippen LogP contribution in [0.3, 0.4) is 0 Å². The van der Waals surface area contributed by atoms with Crippen molar-refractivity contribution in [3.8, 4) is 11.8 Å². The van der Waals surface area contributed by atoms with Gasteiger partial charge in [-0.15, -0.1) is 11.3 Å². The minimum Gasteiger partial charge on any atom is -0.491 e. The largest absolute Gasteiger partial charge is 0.491 e. The van der Waals surface area contributed by atoms with Gasteiger partial charge >= 0.3 is 0 Å². The molecule has 1 aliphatic rings. The van der Waals surface area contributed by atoms with Gasteiger partial charge in [0, 0.05) is 17.1 Å². The van der Waals surface area contributed by atoms with E-state index in [2.05, 4.69) is 43.8 Å². The molecule has 1 aromatic carbocycles. The number of nitriles is 1. The molecule has 1 aliphatic heterocycles. The molecule has 1 amide bonds. The van der Waals surface area contributed by atoms with Gasteiger partial charge in [0.1, 0.15) is 18.1 Å². The van der Waals surface area contributed by atoms with Crippen LogP contribution in [-0.4, -0.2) is 41.6 Å². The van der Waals surface area contributed by atoms with Crippen LogP contribution in [0.5, 0.6) is 5.75 Å². The fraction of sp³-hybridized carbons (Fsp3) is 0.423. The molecular weight excluding hydrogens is 448 g/mol. The average Bonchev–Trinajstić information content (AvgIpc) is 3.55. The second-order valence-corrected chi connectivity index (χ2v) is 10.7. The van der Waals surface area contributed by atoms with Crippen LogP contribution in [-0.2, 0) is 12.0 Å². The van der Waals surface area contributed by atoms with Crippen molar-refractivity contribution in [3.63, 3.8) is 0 Å². The molecule has 0 aliphatic carbocycles. The highest BCUT2D eigenvalue weighted by atomic mass is 32.1. The normalized spacial score (nSPS) is 17.1. The summed E-state index contributed by atoms with van der Waals surface area (Å²) in [7, 11) is 2.09. The zero-order valence-electron chi connectivity index (χ0n) is 20.1. The molecule has 0 unspecified atom stereocenters. The Balaban J connectivity index is 1.68. The van der Waals surface area contributed by atoms with Gasteiger partial charge in [-0.05, 0) is 62.2 Å². The number of ether oxygens (including phenoxy) is 1. The van der Waals surface area contributed by atoms with Gasteiger partial charge in [-0.25, -0.2) is 0 Å². The number of carbonyl (C=O) groups excluding carboxylic acids is 1. The van der Waals surface area contributed by atoms with Crippen molar-refractivity contribution >= 4 is 17.2 Å². The molecule has 178 valence electrons. The summed E-state index contributed by atoms with van der Waals surface area (Å²) < 4.78 is 13.5. The van der Waals surface area contributed by atoms with E-state index in [0.717, 1.165) is 30.0 Å². The highest BCUT2D eigenvalue weighted by Crippen LogP contribution is 2.26. The molecule has 1 atom stereocenters. The maximum Gasteiger partial charge on any atom is 0.283 e. The molecule has 34 heavy (non-hydrogen) atoms. The first kappa shape index (κ1) is 24.0. The van der Waals surface area contributed by atoms with Gasteiger partial charge in [-0.2, -0.15) is 10.3 Å². The minimum atomic E-state index is -0.428. The monoisotopic (exact) mass is 478 g/mol. The summed E-state index contributed by atoms with van der Waals surface area (Å²) in [6.45, 7) is 8.40. The molecule has 7 nitrogen and oxygen atoms in total. The summed E-state index contributed by atoms with van der Waals surface area (Å²) in [5.41, 5.74) is 0.609. The van der Waals surface area contributed by atoms with Crippen molar-refractivity contribution in [2.24, 2.45) is 4.99 Å². The van der Waals surface area contributed by atoms with E-state index in [4.69, 9.17) is 9.15 Å². The van der Waals surface area contributed by atoms with Crippen LogP contribution in [0.1, 0.15) is 60.2 Å². The number of furan rings is 1. The second kappa shape index (κ2) is 10.00. The predicted molar refractivity (Wildman–Crippen MR) is 131 cm³/mol. The third-order valence-corrected chi connectivity index (χ3v) is 7.45. The number of hydrogen-bond donors (Lipinski definition) is 0. The smallest absolute Gasteiger partial charge is 0.283 e. The predicted octanol–water partition coefficient (Wildman–Crippen LogP) is 4.57. The Morgan fingerprint density at radius 1 is 1.35 bits per heavy atom. The van der Waals surface area contributed by atoms with Crippen LogP contribution in [0, 0.1) is 11.3 Å². The van der Waals surface area contributed by atoms with E-state index in [1.165, 1.54) is 11.3 Å². The van der Waals surface area contributed by atoms with Crippen molar-refractivity contribution in [2.75, 3.05) is 20.2 Å². The van der Waals surface area contributed by atoms with Crippen molar-refractivity contribution in [3.05, 3.63) is 69.4 Å². The van der Waals surface area contributed by atoms with E-state index in [1.54, 1.807) is 24.5 Å². The molecule has 0 saturated carbocycles. The molecule has 2 aromatic heterocycles. The highest BCUT2D eigenvalue weighted by molar-refractivity contribution is 7.09.